The Morgan fingerprint density at radius 3 is 1.72 bits per heavy atom. The summed E-state index contributed by atoms with van der Waals surface area (Å²) in [5.41, 5.74) is -1.97. The lowest BCUT2D eigenvalue weighted by atomic mass is 9.55. The van der Waals surface area contributed by atoms with Gasteiger partial charge in [0.15, 0.2) is 0 Å². The Hall–Kier alpha value is -3.97. The van der Waals surface area contributed by atoms with Gasteiger partial charge in [-0.2, -0.15) is 39.5 Å². The molecule has 4 aromatic rings. The second kappa shape index (κ2) is 34.3. The minimum atomic E-state index is -6.75. The second-order valence-corrected chi connectivity index (χ2v) is 26.7. The van der Waals surface area contributed by atoms with Gasteiger partial charge in [0.2, 0.25) is 0 Å². The van der Waals surface area contributed by atoms with Gasteiger partial charge in [-0.15, -0.1) is 0 Å². The molecule has 0 aliphatic heterocycles. The summed E-state index contributed by atoms with van der Waals surface area (Å²) in [7, 11) is 11.2. The van der Waals surface area contributed by atoms with Gasteiger partial charge in [-0.1, -0.05) is 95.6 Å². The van der Waals surface area contributed by atoms with Crippen molar-refractivity contribution in [2.24, 2.45) is 23.2 Å². The van der Waals surface area contributed by atoms with E-state index in [2.05, 4.69) is 59.8 Å². The molecule has 3 aliphatic rings. The van der Waals surface area contributed by atoms with Gasteiger partial charge >= 0.3 is 24.1 Å². The number of nitrogens with zero attached hydrogens (tertiary/aromatic N) is 2. The molecule has 2 saturated carbocycles. The first kappa shape index (κ1) is 72.5. The molecule has 11 nitrogen and oxygen atoms in total. The zero-order chi connectivity index (χ0) is 64.1. The Morgan fingerprint density at radius 1 is 0.584 bits per heavy atom. The first-order chi connectivity index (χ1) is 42.6. The standard InChI is InChI=1S/C67H91F9N2O9S2/c1-62-32-31-58-57-28-26-56(46-50(57)17-27-59(58)60(62)29-30-61(62)85-39-13-40-86-64(65(68,69)70,66(71,72)73)67(74,75)76)84-41-36-78(3)35-12-38-83-43-45-89-88-44-42-82-37-11-34-77(2)33-10-9-14-49(47-79)48-87-63(51-15-7-6-8-16-51,52-18-22-54(80-4)23-19-52)53-20-24-55(81-5)25-21-53/h6-8,15-16,18-26,28,46,49,58-61,79H,9-14,17,27,29-45,47-48H2,1-5H3/t49?,58-,59-,60+,61+,62+/m1/s1. The van der Waals surface area contributed by atoms with E-state index < -0.39 is 42.8 Å². The van der Waals surface area contributed by atoms with Crippen LogP contribution in [-0.2, 0) is 35.7 Å². The minimum Gasteiger partial charge on any atom is -0.497 e. The van der Waals surface area contributed by atoms with Crippen molar-refractivity contribution in [1.29, 1.82) is 0 Å². The van der Waals surface area contributed by atoms with Gasteiger partial charge in [-0.3, -0.25) is 0 Å². The van der Waals surface area contributed by atoms with Crippen LogP contribution in [0.2, 0.25) is 0 Å². The van der Waals surface area contributed by atoms with Crippen LogP contribution < -0.4 is 14.2 Å². The molecule has 0 amide bonds. The van der Waals surface area contributed by atoms with Crippen LogP contribution in [0.25, 0.3) is 0 Å². The molecule has 4 aromatic carbocycles. The lowest BCUT2D eigenvalue weighted by Gasteiger charge is -2.50. The molecule has 6 atom stereocenters. The van der Waals surface area contributed by atoms with Gasteiger partial charge in [0.05, 0.1) is 46.8 Å². The molecule has 2 fully saturated rings. The molecule has 0 radical (unpaired) electrons. The maximum atomic E-state index is 13.3. The topological polar surface area (TPSA) is 101 Å². The number of aliphatic hydroxyl groups is 1. The Morgan fingerprint density at radius 2 is 1.15 bits per heavy atom. The SMILES string of the molecule is COc1ccc(C(OCC(CO)CCCCN(C)CCCOCCSSCCOCCCN(C)CCOc2ccc3c(c2)CC[C@@H]2[C@@H]3CC[C@]3(C)[C@@H](OCCCOC(C(F)(F)F)(C(F)(F)F)C(F)(F)F)CC[C@@H]23)(c2ccccc2)c2ccc(OC)cc2)cc1. The van der Waals surface area contributed by atoms with Crippen molar-refractivity contribution in [1.82, 2.24) is 9.80 Å². The highest BCUT2D eigenvalue weighted by atomic mass is 33.1. The maximum Gasteiger partial charge on any atom is 0.435 e. The number of aryl methyl sites for hydroxylation is 1. The maximum absolute atomic E-state index is 13.3. The Labute approximate surface area is 528 Å². The molecule has 0 heterocycles. The third-order valence-electron chi connectivity index (χ3n) is 18.2. The first-order valence-electron chi connectivity index (χ1n) is 31.2. The molecule has 89 heavy (non-hydrogen) atoms. The van der Waals surface area contributed by atoms with Crippen LogP contribution >= 0.6 is 21.6 Å². The molecule has 498 valence electrons. The van der Waals surface area contributed by atoms with Crippen molar-refractivity contribution in [3.8, 4) is 17.2 Å². The largest absolute Gasteiger partial charge is 0.497 e. The molecule has 22 heteroatoms. The molecule has 0 spiro atoms. The van der Waals surface area contributed by atoms with Gasteiger partial charge in [0.1, 0.15) is 29.5 Å². The number of alkyl halides is 9. The predicted octanol–water partition coefficient (Wildman–Crippen LogP) is 15.0. The number of unbranched alkanes of at least 4 members (excludes halogenated alkanes) is 1. The molecule has 0 saturated heterocycles. The molecule has 0 aromatic heterocycles. The van der Waals surface area contributed by atoms with Crippen molar-refractivity contribution in [2.45, 2.75) is 126 Å². The normalized spacial score (nSPS) is 20.1. The van der Waals surface area contributed by atoms with E-state index >= 15 is 0 Å². The zero-order valence-corrected chi connectivity index (χ0v) is 53.7. The third kappa shape index (κ3) is 18.9. The van der Waals surface area contributed by atoms with Crippen molar-refractivity contribution in [3.05, 3.63) is 125 Å². The van der Waals surface area contributed by atoms with E-state index in [1.54, 1.807) is 35.8 Å². The summed E-state index contributed by atoms with van der Waals surface area (Å²) in [6.45, 7) is 7.72. The predicted molar refractivity (Wildman–Crippen MR) is 331 cm³/mol. The highest BCUT2D eigenvalue weighted by Crippen LogP contribution is 2.62. The average Bonchev–Trinajstić information content (AvgIpc) is 1.86. The van der Waals surface area contributed by atoms with E-state index in [0.29, 0.717) is 51.3 Å². The number of aliphatic hydroxyl groups excluding tert-OH is 1. The highest BCUT2D eigenvalue weighted by Gasteiger charge is 2.85. The van der Waals surface area contributed by atoms with Crippen LogP contribution in [0.15, 0.2) is 97.1 Å². The molecular weight excluding hydrogens is 1210 g/mol. The molecular formula is C67H91F9N2O9S2. The summed E-state index contributed by atoms with van der Waals surface area (Å²) in [5, 5.41) is 10.5. The van der Waals surface area contributed by atoms with Crippen molar-refractivity contribution < 1.29 is 82.5 Å². The zero-order valence-electron chi connectivity index (χ0n) is 52.0. The smallest absolute Gasteiger partial charge is 0.435 e. The molecule has 0 bridgehead atoms. The molecule has 7 rings (SSSR count). The summed E-state index contributed by atoms with van der Waals surface area (Å²) >= 11 is 0. The average molecular weight is 1300 g/mol. The molecule has 1 N–H and O–H groups in total. The number of rotatable bonds is 39. The summed E-state index contributed by atoms with van der Waals surface area (Å²) < 4.78 is 165. The van der Waals surface area contributed by atoms with Crippen molar-refractivity contribution >= 4 is 21.6 Å². The van der Waals surface area contributed by atoms with E-state index in [9.17, 15) is 44.6 Å². The molecule has 1 unspecified atom stereocenters. The van der Waals surface area contributed by atoms with Crippen LogP contribution in [0.4, 0.5) is 39.5 Å². The van der Waals surface area contributed by atoms with E-state index in [1.807, 2.05) is 72.8 Å². The van der Waals surface area contributed by atoms with Crippen LogP contribution in [0, 0.1) is 23.2 Å². The van der Waals surface area contributed by atoms with Crippen LogP contribution in [0.3, 0.4) is 0 Å². The fraction of sp³-hybridized carbons (Fsp3) is 0.642. The number of benzene rings is 4. The lowest BCUT2D eigenvalue weighted by Crippen LogP contribution is -2.67. The van der Waals surface area contributed by atoms with Crippen molar-refractivity contribution in [2.75, 3.05) is 125 Å². The number of hydrogen-bond acceptors (Lipinski definition) is 13. The quantitative estimate of drug-likeness (QED) is 0.0199. The van der Waals surface area contributed by atoms with Crippen molar-refractivity contribution in [3.63, 3.8) is 0 Å². The van der Waals surface area contributed by atoms with E-state index in [-0.39, 0.29) is 36.6 Å². The van der Waals surface area contributed by atoms with Gasteiger partial charge in [-0.05, 0) is 179 Å². The van der Waals surface area contributed by atoms with Gasteiger partial charge in [0, 0.05) is 63.5 Å². The van der Waals surface area contributed by atoms with E-state index in [0.717, 1.165) is 142 Å². The Bertz CT molecular complexity index is 2590. The van der Waals surface area contributed by atoms with E-state index in [1.165, 1.54) is 11.1 Å². The minimum absolute atomic E-state index is 0.0343. The number of methoxy groups -OCH3 is 2. The van der Waals surface area contributed by atoms with Crippen LogP contribution in [0.1, 0.15) is 111 Å². The van der Waals surface area contributed by atoms with E-state index in [4.69, 9.17) is 33.2 Å². The Kier molecular flexibility index (Phi) is 27.9. The number of fused-ring (bicyclic) bond motifs is 5. The Balaban J connectivity index is 0.684. The molecule has 3 aliphatic carbocycles. The lowest BCUT2D eigenvalue weighted by molar-refractivity contribution is -0.457. The highest BCUT2D eigenvalue weighted by molar-refractivity contribution is 8.76. The fourth-order valence-corrected chi connectivity index (χ4v) is 15.1. The third-order valence-corrected chi connectivity index (χ3v) is 20.5. The van der Waals surface area contributed by atoms with Gasteiger partial charge < -0.3 is 52.8 Å². The monoisotopic (exact) mass is 1300 g/mol. The van der Waals surface area contributed by atoms with Gasteiger partial charge in [-0.25, -0.2) is 0 Å². The summed E-state index contributed by atoms with van der Waals surface area (Å²) in [5.74, 6) is 5.15. The number of halogens is 9. The fourth-order valence-electron chi connectivity index (χ4n) is 13.4. The first-order valence-corrected chi connectivity index (χ1v) is 33.7. The summed E-state index contributed by atoms with van der Waals surface area (Å²) in [6, 6.07) is 32.6. The number of hydrogen-bond donors (Lipinski definition) is 1. The number of likely N-dealkylation sites (N-methyl/N-ethyl adjacent to an activating group) is 1. The van der Waals surface area contributed by atoms with Crippen LogP contribution in [0.5, 0.6) is 17.2 Å². The second-order valence-electron chi connectivity index (χ2n) is 24.0. The summed E-state index contributed by atoms with van der Waals surface area (Å²) in [4.78, 5) is 4.59. The number of ether oxygens (including phenoxy) is 8. The van der Waals surface area contributed by atoms with Crippen LogP contribution in [-0.4, -0.2) is 171 Å². The summed E-state index contributed by atoms with van der Waals surface area (Å²) in [6.07, 6.45) is -11.4. The van der Waals surface area contributed by atoms with Gasteiger partial charge in [0.25, 0.3) is 0 Å².